The van der Waals surface area contributed by atoms with Gasteiger partial charge in [-0.25, -0.2) is 0 Å². The van der Waals surface area contributed by atoms with E-state index in [1.54, 1.807) is 0 Å². The molecule has 0 aromatic heterocycles. The van der Waals surface area contributed by atoms with Crippen LogP contribution in [0.15, 0.2) is 267 Å². The van der Waals surface area contributed by atoms with Gasteiger partial charge in [0.05, 0.1) is 0 Å². The zero-order valence-corrected chi connectivity index (χ0v) is 45.5. The van der Waals surface area contributed by atoms with E-state index in [0.717, 1.165) is 0 Å². The molecule has 2 heterocycles. The molecule has 0 N–H and O–H groups in total. The molecule has 2 nitrogen and oxygen atoms in total. The van der Waals surface area contributed by atoms with Crippen molar-refractivity contribution in [3.05, 3.63) is 311 Å². The molecule has 6 heteroatoms. The van der Waals surface area contributed by atoms with Gasteiger partial charge in [0.2, 0.25) is 0 Å². The van der Waals surface area contributed by atoms with Gasteiger partial charge < -0.3 is 8.95 Å². The predicted molar refractivity (Wildman–Crippen MR) is 326 cm³/mol. The van der Waals surface area contributed by atoms with Crippen LogP contribution in [-0.4, -0.2) is 39.1 Å². The number of nitrogens with zero attached hydrogens (tertiary/aromatic N) is 2. The molecular formula is C68H62B2N2Si2. The molecule has 0 amide bonds. The molecule has 358 valence electrons. The third-order valence-electron chi connectivity index (χ3n) is 14.6. The minimum atomic E-state index is -2.33. The number of hydrogen-bond donors (Lipinski definition) is 0. The van der Waals surface area contributed by atoms with Crippen LogP contribution in [-0.2, 0) is 0 Å². The second kappa shape index (κ2) is 20.5. The number of allylic oxidation sites excluding steroid dienone is 4. The Labute approximate surface area is 442 Å². The van der Waals surface area contributed by atoms with Crippen molar-refractivity contribution in [1.29, 1.82) is 0 Å². The van der Waals surface area contributed by atoms with Gasteiger partial charge in [-0.15, -0.1) is 0 Å². The molecule has 0 saturated heterocycles. The molecule has 0 radical (unpaired) electrons. The third kappa shape index (κ3) is 9.25. The first-order valence-corrected chi connectivity index (χ1v) is 33.1. The highest BCUT2D eigenvalue weighted by Crippen LogP contribution is 2.52. The average molecular weight is 985 g/mol. The maximum absolute atomic E-state index is 2.89. The summed E-state index contributed by atoms with van der Waals surface area (Å²) in [6, 6.07) is 99.5. The van der Waals surface area contributed by atoms with E-state index in [1.165, 1.54) is 100 Å². The lowest BCUT2D eigenvalue weighted by atomic mass is 9.41. The Hall–Kier alpha value is -7.90. The fraction of sp³-hybridized carbons (Fsp3) is 0.0882. The Morgan fingerprint density at radius 3 is 0.730 bits per heavy atom. The molecular weight excluding hydrogens is 923 g/mol. The van der Waals surface area contributed by atoms with E-state index in [2.05, 4.69) is 315 Å². The molecule has 74 heavy (non-hydrogen) atoms. The molecule has 9 aromatic carbocycles. The first-order chi connectivity index (χ1) is 36.1. The molecule has 11 rings (SSSR count). The second-order valence-electron chi connectivity index (χ2n) is 21.5. The van der Waals surface area contributed by atoms with Crippen molar-refractivity contribution < 1.29 is 0 Å². The topological polar surface area (TPSA) is 6.48 Å². The Morgan fingerprint density at radius 1 is 0.243 bits per heavy atom. The average Bonchev–Trinajstić information content (AvgIpc) is 3.45. The van der Waals surface area contributed by atoms with Crippen molar-refractivity contribution in [2.75, 3.05) is 0 Å². The lowest BCUT2D eigenvalue weighted by molar-refractivity contribution is 0.903. The quantitative estimate of drug-likeness (QED) is 0.113. The van der Waals surface area contributed by atoms with Crippen LogP contribution in [0.5, 0.6) is 0 Å². The van der Waals surface area contributed by atoms with Crippen LogP contribution in [0.1, 0.15) is 44.5 Å². The molecule has 2 aliphatic heterocycles. The summed E-state index contributed by atoms with van der Waals surface area (Å²) in [5.41, 5.74) is 22.6. The lowest BCUT2D eigenvalue weighted by Gasteiger charge is -2.50. The van der Waals surface area contributed by atoms with E-state index >= 15 is 0 Å². The molecule has 0 aliphatic carbocycles. The molecule has 9 aromatic rings. The van der Waals surface area contributed by atoms with Gasteiger partial charge in [0.25, 0.3) is 0 Å². The largest absolute Gasteiger partial charge is 0.434 e. The van der Waals surface area contributed by atoms with E-state index in [9.17, 15) is 0 Å². The summed E-state index contributed by atoms with van der Waals surface area (Å²) in [5.74, 6) is 0. The SMILES string of the molecule is C[Si](C)(C)N1B(c2cccc(B3C(c4ccccc4)=C(c4ccccc4)C(c4ccccc4)=C(c4ccccc4)N3[Si](C)(C)C)c2)C(c2ccccc2)=C(c2ccccc2)C(c2ccccc2)=C1c1ccccc1. The van der Waals surface area contributed by atoms with E-state index in [-0.39, 0.29) is 13.7 Å². The highest BCUT2D eigenvalue weighted by atomic mass is 28.3. The van der Waals surface area contributed by atoms with E-state index in [4.69, 9.17) is 0 Å². The molecule has 0 fully saturated rings. The molecule has 0 bridgehead atoms. The first kappa shape index (κ1) is 48.4. The van der Waals surface area contributed by atoms with Gasteiger partial charge in [-0.3, -0.25) is 0 Å². The summed E-state index contributed by atoms with van der Waals surface area (Å²) in [4.78, 5) is 0. The van der Waals surface area contributed by atoms with Gasteiger partial charge in [-0.2, -0.15) is 0 Å². The summed E-state index contributed by atoms with van der Waals surface area (Å²) in [7, 11) is -4.66. The summed E-state index contributed by atoms with van der Waals surface area (Å²) in [6.07, 6.45) is 0. The van der Waals surface area contributed by atoms with Crippen molar-refractivity contribution >= 4 is 85.7 Å². The lowest BCUT2D eigenvalue weighted by Crippen LogP contribution is -2.63. The van der Waals surface area contributed by atoms with E-state index < -0.39 is 16.5 Å². The Bertz CT molecular complexity index is 3300. The number of benzene rings is 9. The van der Waals surface area contributed by atoms with Crippen LogP contribution >= 0.6 is 0 Å². The Kier molecular flexibility index (Phi) is 13.4. The van der Waals surface area contributed by atoms with Crippen LogP contribution in [0, 0.1) is 0 Å². The van der Waals surface area contributed by atoms with Crippen LogP contribution in [0.3, 0.4) is 0 Å². The van der Waals surface area contributed by atoms with Gasteiger partial charge in [0.15, 0.2) is 0 Å². The van der Waals surface area contributed by atoms with Crippen molar-refractivity contribution in [1.82, 2.24) is 8.95 Å². The van der Waals surface area contributed by atoms with Gasteiger partial charge in [-0.05, 0) is 66.6 Å². The van der Waals surface area contributed by atoms with Crippen molar-refractivity contribution in [3.63, 3.8) is 0 Å². The summed E-state index contributed by atoms with van der Waals surface area (Å²) >= 11 is 0. The molecule has 0 saturated carbocycles. The van der Waals surface area contributed by atoms with Crippen molar-refractivity contribution in [2.45, 2.75) is 39.3 Å². The fourth-order valence-corrected chi connectivity index (χ4v) is 15.6. The third-order valence-corrected chi connectivity index (χ3v) is 18.4. The standard InChI is InChI=1S/C68H62B2N2Si2/c1-73(2,3)71-67(57-44-27-13-28-45-57)63(53-36-19-9-20-37-53)61(51-32-15-7-16-33-51)65(55-40-23-11-24-41-55)69(71)59-48-31-49-60(50-59)70-66(56-42-25-12-26-43-56)62(52-34-17-8-18-35-52)64(54-38-21-10-22-39-54)68(72(70)74(4,5)6)58-46-29-14-30-47-58/h7-50H,1-6H3. The molecule has 2 aliphatic rings. The van der Waals surface area contributed by atoms with Crippen molar-refractivity contribution in [3.8, 4) is 0 Å². The van der Waals surface area contributed by atoms with Gasteiger partial charge >= 0.3 is 13.7 Å². The first-order valence-electron chi connectivity index (χ1n) is 26.2. The normalized spacial score (nSPS) is 14.6. The van der Waals surface area contributed by atoms with Crippen LogP contribution in [0.25, 0.3) is 44.6 Å². The summed E-state index contributed by atoms with van der Waals surface area (Å²) in [6.45, 7) is 14.9. The number of rotatable bonds is 12. The van der Waals surface area contributed by atoms with Crippen LogP contribution < -0.4 is 10.9 Å². The predicted octanol–water partition coefficient (Wildman–Crippen LogP) is 15.8. The Morgan fingerprint density at radius 2 is 0.473 bits per heavy atom. The van der Waals surface area contributed by atoms with Gasteiger partial charge in [0, 0.05) is 22.5 Å². The highest BCUT2D eigenvalue weighted by molar-refractivity contribution is 7.02. The van der Waals surface area contributed by atoms with E-state index in [1.807, 2.05) is 0 Å². The number of hydrogen-bond acceptors (Lipinski definition) is 2. The molecule has 0 spiro atoms. The minimum Gasteiger partial charge on any atom is -0.434 e. The maximum Gasteiger partial charge on any atom is 0.316 e. The van der Waals surface area contributed by atoms with Crippen LogP contribution in [0.2, 0.25) is 39.3 Å². The molecule has 0 atom stereocenters. The van der Waals surface area contributed by atoms with Gasteiger partial charge in [0.1, 0.15) is 16.5 Å². The maximum atomic E-state index is 2.89. The summed E-state index contributed by atoms with van der Waals surface area (Å²) < 4.78 is 5.78. The van der Waals surface area contributed by atoms with E-state index in [0.29, 0.717) is 0 Å². The smallest absolute Gasteiger partial charge is 0.316 e. The summed E-state index contributed by atoms with van der Waals surface area (Å²) in [5, 5.41) is 0. The Balaban J connectivity index is 1.28. The minimum absolute atomic E-state index is 0.146. The van der Waals surface area contributed by atoms with Crippen LogP contribution in [0.4, 0.5) is 0 Å². The molecule has 0 unspecified atom stereocenters. The zero-order chi connectivity index (χ0) is 50.8. The monoisotopic (exact) mass is 984 g/mol. The van der Waals surface area contributed by atoms with Crippen molar-refractivity contribution in [2.24, 2.45) is 0 Å². The zero-order valence-electron chi connectivity index (χ0n) is 43.5. The second-order valence-corrected chi connectivity index (χ2v) is 31.2. The highest BCUT2D eigenvalue weighted by Gasteiger charge is 2.49. The fourth-order valence-electron chi connectivity index (χ4n) is 11.7. The van der Waals surface area contributed by atoms with Gasteiger partial charge in [-0.1, -0.05) is 317 Å².